The Kier molecular flexibility index (Phi) is 8.49. The zero-order valence-electron chi connectivity index (χ0n) is 17.9. The minimum Gasteiger partial charge on any atom is -0.486 e. The lowest BCUT2D eigenvalue weighted by molar-refractivity contribution is -0.135. The van der Waals surface area contributed by atoms with Gasteiger partial charge in [-0.3, -0.25) is 4.79 Å². The number of aliphatic hydroxyl groups excluding tert-OH is 1. The largest absolute Gasteiger partial charge is 0.486 e. The maximum absolute atomic E-state index is 13.0. The van der Waals surface area contributed by atoms with Crippen molar-refractivity contribution in [2.75, 3.05) is 0 Å². The van der Waals surface area contributed by atoms with Gasteiger partial charge < -0.3 is 14.7 Å². The molecule has 0 fully saturated rings. The van der Waals surface area contributed by atoms with E-state index in [1.807, 2.05) is 22.4 Å². The van der Waals surface area contributed by atoms with Gasteiger partial charge in [0.1, 0.15) is 17.4 Å². The van der Waals surface area contributed by atoms with E-state index in [9.17, 15) is 4.79 Å². The number of amides is 1. The van der Waals surface area contributed by atoms with Gasteiger partial charge in [-0.1, -0.05) is 39.3 Å². The van der Waals surface area contributed by atoms with E-state index in [1.165, 1.54) is 11.3 Å². The van der Waals surface area contributed by atoms with E-state index >= 15 is 0 Å². The first-order valence-electron chi connectivity index (χ1n) is 9.87. The number of hydrogen-bond acceptors (Lipinski definition) is 5. The van der Waals surface area contributed by atoms with Crippen LogP contribution in [0.4, 0.5) is 0 Å². The molecule has 1 aromatic carbocycles. The third-order valence-corrected chi connectivity index (χ3v) is 5.71. The Balaban J connectivity index is 2.21. The van der Waals surface area contributed by atoms with Crippen LogP contribution in [-0.2, 0) is 24.6 Å². The molecule has 1 atom stereocenters. The van der Waals surface area contributed by atoms with Gasteiger partial charge in [-0.15, -0.1) is 11.3 Å². The summed E-state index contributed by atoms with van der Waals surface area (Å²) in [6.45, 7) is 11.0. The molecule has 1 aromatic heterocycles. The maximum Gasteiger partial charge on any atom is 0.223 e. The van der Waals surface area contributed by atoms with E-state index in [-0.39, 0.29) is 24.0 Å². The molecule has 0 unspecified atom stereocenters. The second-order valence-electron chi connectivity index (χ2n) is 8.45. The summed E-state index contributed by atoms with van der Waals surface area (Å²) in [6.07, 6.45) is 1.35. The summed E-state index contributed by atoms with van der Waals surface area (Å²) >= 11 is 7.69. The number of benzene rings is 1. The van der Waals surface area contributed by atoms with E-state index in [0.29, 0.717) is 36.0 Å². The molecule has 5 nitrogen and oxygen atoms in total. The van der Waals surface area contributed by atoms with Crippen LogP contribution in [0.5, 0.6) is 5.75 Å². The lowest BCUT2D eigenvalue weighted by atomic mass is 9.91. The fourth-order valence-corrected chi connectivity index (χ4v) is 3.78. The molecule has 29 heavy (non-hydrogen) atoms. The fraction of sp³-hybridized carbons (Fsp3) is 0.545. The molecule has 160 valence electrons. The standard InChI is InChI=1S/C22H31ClN2O3S/c1-6-15(2)25(21(27)10-22(3,4)5)11-16-9-17(23)7-8-19(16)28-13-20-24-18(12-26)14-29-20/h7-9,14-15,26H,6,10-13H2,1-5H3/t15-/m0/s1. The average Bonchev–Trinajstić information content (AvgIpc) is 3.11. The zero-order chi connectivity index (χ0) is 21.6. The Morgan fingerprint density at radius 3 is 2.69 bits per heavy atom. The van der Waals surface area contributed by atoms with Gasteiger partial charge in [-0.25, -0.2) is 4.98 Å². The Morgan fingerprint density at radius 1 is 1.38 bits per heavy atom. The fourth-order valence-electron chi connectivity index (χ4n) is 2.89. The van der Waals surface area contributed by atoms with Crippen LogP contribution in [0, 0.1) is 5.41 Å². The molecule has 0 bridgehead atoms. The first-order valence-corrected chi connectivity index (χ1v) is 11.1. The molecule has 1 heterocycles. The molecule has 0 aliphatic heterocycles. The third-order valence-electron chi connectivity index (χ3n) is 4.60. The Hall–Kier alpha value is -1.63. The first kappa shape index (κ1) is 23.6. The molecule has 7 heteroatoms. The molecule has 0 aliphatic rings. The SMILES string of the molecule is CC[C@H](C)N(Cc1cc(Cl)ccc1OCc1nc(CO)cs1)C(=O)CC(C)(C)C. The summed E-state index contributed by atoms with van der Waals surface area (Å²) in [5.74, 6) is 0.817. The van der Waals surface area contributed by atoms with Crippen molar-refractivity contribution >= 4 is 28.8 Å². The van der Waals surface area contributed by atoms with Gasteiger partial charge in [-0.2, -0.15) is 0 Å². The maximum atomic E-state index is 13.0. The van der Waals surface area contributed by atoms with E-state index in [2.05, 4.69) is 39.6 Å². The number of rotatable bonds is 9. The lowest BCUT2D eigenvalue weighted by Crippen LogP contribution is -2.39. The molecule has 0 radical (unpaired) electrons. The van der Waals surface area contributed by atoms with Crippen molar-refractivity contribution in [1.29, 1.82) is 0 Å². The highest BCUT2D eigenvalue weighted by atomic mass is 35.5. The van der Waals surface area contributed by atoms with Gasteiger partial charge >= 0.3 is 0 Å². The predicted molar refractivity (Wildman–Crippen MR) is 118 cm³/mol. The van der Waals surface area contributed by atoms with E-state index in [1.54, 1.807) is 6.07 Å². The number of aromatic nitrogens is 1. The molecule has 2 aromatic rings. The summed E-state index contributed by atoms with van der Waals surface area (Å²) in [6, 6.07) is 5.59. The number of nitrogens with zero attached hydrogens (tertiary/aromatic N) is 2. The average molecular weight is 439 g/mol. The first-order chi connectivity index (χ1) is 13.6. The van der Waals surface area contributed by atoms with Crippen molar-refractivity contribution in [3.63, 3.8) is 0 Å². The summed E-state index contributed by atoms with van der Waals surface area (Å²) in [7, 11) is 0. The minimum absolute atomic E-state index is 0.0777. The van der Waals surface area contributed by atoms with Gasteiger partial charge in [0.05, 0.1) is 12.3 Å². The molecule has 1 N–H and O–H groups in total. The number of halogens is 1. The summed E-state index contributed by atoms with van der Waals surface area (Å²) < 4.78 is 6.00. The molecule has 0 aliphatic carbocycles. The molecule has 0 saturated heterocycles. The monoisotopic (exact) mass is 438 g/mol. The van der Waals surface area contributed by atoms with Crippen LogP contribution in [0.25, 0.3) is 0 Å². The van der Waals surface area contributed by atoms with E-state index in [4.69, 9.17) is 21.4 Å². The molecule has 1 amide bonds. The minimum atomic E-state index is -0.0809. The second kappa shape index (κ2) is 10.4. The number of aliphatic hydroxyl groups is 1. The quantitative estimate of drug-likeness (QED) is 0.566. The van der Waals surface area contributed by atoms with Gasteiger partial charge in [0.2, 0.25) is 5.91 Å². The summed E-state index contributed by atoms with van der Waals surface area (Å²) in [5, 5.41) is 12.4. The normalized spacial score (nSPS) is 12.7. The van der Waals surface area contributed by atoms with E-state index < -0.39 is 0 Å². The highest BCUT2D eigenvalue weighted by Gasteiger charge is 2.25. The number of carbonyl (C=O) groups is 1. The van der Waals surface area contributed by atoms with Gasteiger partial charge in [0, 0.05) is 35.0 Å². The second-order valence-corrected chi connectivity index (χ2v) is 9.83. The molecular weight excluding hydrogens is 408 g/mol. The van der Waals surface area contributed by atoms with Gasteiger partial charge in [0.25, 0.3) is 0 Å². The zero-order valence-corrected chi connectivity index (χ0v) is 19.4. The number of thiazole rings is 1. The third kappa shape index (κ3) is 7.28. The number of carbonyl (C=O) groups excluding carboxylic acids is 1. The van der Waals surface area contributed by atoms with Crippen LogP contribution in [0.15, 0.2) is 23.6 Å². The molecule has 0 saturated carbocycles. The number of ether oxygens (including phenoxy) is 1. The summed E-state index contributed by atoms with van der Waals surface area (Å²) in [4.78, 5) is 19.2. The topological polar surface area (TPSA) is 62.7 Å². The molecule has 0 spiro atoms. The number of hydrogen-bond donors (Lipinski definition) is 1. The Bertz CT molecular complexity index is 817. The highest BCUT2D eigenvalue weighted by molar-refractivity contribution is 7.09. The molecule has 2 rings (SSSR count). The highest BCUT2D eigenvalue weighted by Crippen LogP contribution is 2.28. The molecular formula is C22H31ClN2O3S. The van der Waals surface area contributed by atoms with Crippen LogP contribution >= 0.6 is 22.9 Å². The van der Waals surface area contributed by atoms with Crippen molar-refractivity contribution in [2.45, 2.75) is 73.3 Å². The Morgan fingerprint density at radius 2 is 2.10 bits per heavy atom. The predicted octanol–water partition coefficient (Wildman–Crippen LogP) is 5.43. The Labute approximate surface area is 182 Å². The van der Waals surface area contributed by atoms with Crippen LogP contribution in [0.3, 0.4) is 0 Å². The van der Waals surface area contributed by atoms with Crippen LogP contribution in [0.2, 0.25) is 5.02 Å². The van der Waals surface area contributed by atoms with Crippen molar-refractivity contribution in [2.24, 2.45) is 5.41 Å². The van der Waals surface area contributed by atoms with E-state index in [0.717, 1.165) is 17.0 Å². The van der Waals surface area contributed by atoms with Crippen molar-refractivity contribution in [3.8, 4) is 5.75 Å². The van der Waals surface area contributed by atoms with Crippen molar-refractivity contribution in [1.82, 2.24) is 9.88 Å². The van der Waals surface area contributed by atoms with Crippen molar-refractivity contribution in [3.05, 3.63) is 44.9 Å². The van der Waals surface area contributed by atoms with Crippen LogP contribution in [-0.4, -0.2) is 26.9 Å². The summed E-state index contributed by atoms with van der Waals surface area (Å²) in [5.41, 5.74) is 1.44. The van der Waals surface area contributed by atoms with Crippen LogP contribution < -0.4 is 4.74 Å². The smallest absolute Gasteiger partial charge is 0.223 e. The van der Waals surface area contributed by atoms with Gasteiger partial charge in [-0.05, 0) is 37.0 Å². The van der Waals surface area contributed by atoms with Crippen LogP contribution in [0.1, 0.15) is 63.7 Å². The lowest BCUT2D eigenvalue weighted by Gasteiger charge is -2.32. The van der Waals surface area contributed by atoms with Gasteiger partial charge in [0.15, 0.2) is 0 Å². The van der Waals surface area contributed by atoms with Crippen molar-refractivity contribution < 1.29 is 14.6 Å².